The van der Waals surface area contributed by atoms with Crippen molar-refractivity contribution in [2.24, 2.45) is 0 Å². The van der Waals surface area contributed by atoms with E-state index < -0.39 is 0 Å². The second-order valence-corrected chi connectivity index (χ2v) is 9.42. The number of halogens is 1. The summed E-state index contributed by atoms with van der Waals surface area (Å²) in [5.74, 6) is 0.565. The van der Waals surface area contributed by atoms with Gasteiger partial charge in [-0.1, -0.05) is 17.8 Å². The van der Waals surface area contributed by atoms with Crippen LogP contribution in [-0.2, 0) is 4.79 Å². The highest BCUT2D eigenvalue weighted by atomic mass is 127. The molecule has 1 aliphatic rings. The molecule has 3 rings (SSSR count). The monoisotopic (exact) mass is 560 g/mol. The standard InChI is InChI=1S/C19H17IN2O4S3/c1-3-25-13-9-11(8-12(20)16(13)26-4-2)10-15-18(24)22(19(27)29-15)21-17(23)14-6-5-7-28-14/h5-10H,3-4H2,1-2H3,(H,21,23)/b15-10+. The largest absolute Gasteiger partial charge is 0.490 e. The number of nitrogens with zero attached hydrogens (tertiary/aromatic N) is 1. The molecule has 1 N–H and O–H groups in total. The first-order valence-electron chi connectivity index (χ1n) is 8.66. The van der Waals surface area contributed by atoms with Crippen molar-refractivity contribution in [1.82, 2.24) is 10.4 Å². The fourth-order valence-corrected chi connectivity index (χ4v) is 5.07. The van der Waals surface area contributed by atoms with Gasteiger partial charge >= 0.3 is 0 Å². The Balaban J connectivity index is 1.84. The van der Waals surface area contributed by atoms with Crippen LogP contribution in [-0.4, -0.2) is 34.4 Å². The molecule has 0 radical (unpaired) electrons. The summed E-state index contributed by atoms with van der Waals surface area (Å²) in [6.45, 7) is 4.83. The Morgan fingerprint density at radius 1 is 1.31 bits per heavy atom. The average Bonchev–Trinajstić information content (AvgIpc) is 3.30. The van der Waals surface area contributed by atoms with Crippen LogP contribution >= 0.6 is 57.9 Å². The van der Waals surface area contributed by atoms with Crippen molar-refractivity contribution in [2.75, 3.05) is 13.2 Å². The maximum atomic E-state index is 12.8. The molecule has 10 heteroatoms. The Morgan fingerprint density at radius 2 is 2.07 bits per heavy atom. The van der Waals surface area contributed by atoms with Gasteiger partial charge in [-0.2, -0.15) is 5.01 Å². The van der Waals surface area contributed by atoms with Gasteiger partial charge in [-0.3, -0.25) is 15.0 Å². The molecular weight excluding hydrogens is 543 g/mol. The highest BCUT2D eigenvalue weighted by Crippen LogP contribution is 2.37. The highest BCUT2D eigenvalue weighted by molar-refractivity contribution is 14.1. The van der Waals surface area contributed by atoms with Crippen LogP contribution in [0.2, 0.25) is 0 Å². The Hall–Kier alpha value is -1.63. The Labute approximate surface area is 195 Å². The molecule has 0 aliphatic carbocycles. The lowest BCUT2D eigenvalue weighted by Gasteiger charge is -2.15. The van der Waals surface area contributed by atoms with Crippen molar-refractivity contribution in [1.29, 1.82) is 0 Å². The molecule has 1 aromatic carbocycles. The van der Waals surface area contributed by atoms with Crippen LogP contribution < -0.4 is 14.9 Å². The quantitative estimate of drug-likeness (QED) is 0.301. The van der Waals surface area contributed by atoms with E-state index >= 15 is 0 Å². The Morgan fingerprint density at radius 3 is 2.72 bits per heavy atom. The van der Waals surface area contributed by atoms with Gasteiger partial charge in [0.1, 0.15) is 0 Å². The van der Waals surface area contributed by atoms with Crippen LogP contribution in [0.25, 0.3) is 6.08 Å². The number of rotatable bonds is 7. The smallest absolute Gasteiger partial charge is 0.285 e. The average molecular weight is 560 g/mol. The number of ether oxygens (including phenoxy) is 2. The van der Waals surface area contributed by atoms with Gasteiger partial charge in [0.25, 0.3) is 11.8 Å². The minimum absolute atomic E-state index is 0.275. The number of thioether (sulfide) groups is 1. The van der Waals surface area contributed by atoms with Gasteiger partial charge in [0.2, 0.25) is 0 Å². The van der Waals surface area contributed by atoms with Crippen molar-refractivity contribution in [3.05, 3.63) is 48.6 Å². The molecule has 1 fully saturated rings. The van der Waals surface area contributed by atoms with Crippen molar-refractivity contribution >= 4 is 80.1 Å². The van der Waals surface area contributed by atoms with Gasteiger partial charge in [-0.05, 0) is 83.9 Å². The summed E-state index contributed by atoms with van der Waals surface area (Å²) in [4.78, 5) is 26.0. The second-order valence-electron chi connectivity index (χ2n) is 5.63. The number of hydrogen-bond acceptors (Lipinski definition) is 7. The van der Waals surface area contributed by atoms with Gasteiger partial charge in [0.05, 0.1) is 26.6 Å². The third-order valence-electron chi connectivity index (χ3n) is 3.67. The van der Waals surface area contributed by atoms with E-state index in [4.69, 9.17) is 21.7 Å². The van der Waals surface area contributed by atoms with Gasteiger partial charge in [0.15, 0.2) is 15.8 Å². The van der Waals surface area contributed by atoms with E-state index in [1.165, 1.54) is 11.3 Å². The predicted molar refractivity (Wildman–Crippen MR) is 128 cm³/mol. The van der Waals surface area contributed by atoms with Crippen molar-refractivity contribution in [3.63, 3.8) is 0 Å². The highest BCUT2D eigenvalue weighted by Gasteiger charge is 2.34. The molecule has 152 valence electrons. The predicted octanol–water partition coefficient (Wildman–Crippen LogP) is 4.70. The Bertz CT molecular complexity index is 976. The third-order valence-corrected chi connectivity index (χ3v) is 6.64. The number of hydrogen-bond donors (Lipinski definition) is 1. The maximum absolute atomic E-state index is 12.8. The van der Waals surface area contributed by atoms with Crippen LogP contribution in [0.3, 0.4) is 0 Å². The summed E-state index contributed by atoms with van der Waals surface area (Å²) in [6, 6.07) is 7.19. The first-order valence-corrected chi connectivity index (χ1v) is 11.8. The molecule has 2 amide bonds. The number of nitrogens with one attached hydrogen (secondary N) is 1. The fraction of sp³-hybridized carbons (Fsp3) is 0.211. The fourth-order valence-electron chi connectivity index (χ4n) is 2.50. The molecule has 1 saturated heterocycles. The zero-order valence-corrected chi connectivity index (χ0v) is 20.2. The third kappa shape index (κ3) is 5.11. The Kier molecular flexibility index (Phi) is 7.55. The number of carbonyl (C=O) groups is 2. The summed E-state index contributed by atoms with van der Waals surface area (Å²) in [7, 11) is 0. The zero-order valence-electron chi connectivity index (χ0n) is 15.6. The maximum Gasteiger partial charge on any atom is 0.285 e. The molecule has 2 heterocycles. The molecule has 0 unspecified atom stereocenters. The summed E-state index contributed by atoms with van der Waals surface area (Å²) in [5.41, 5.74) is 3.36. The lowest BCUT2D eigenvalue weighted by molar-refractivity contribution is -0.123. The molecule has 1 aliphatic heterocycles. The zero-order chi connectivity index (χ0) is 21.0. The summed E-state index contributed by atoms with van der Waals surface area (Å²) < 4.78 is 12.5. The van der Waals surface area contributed by atoms with Gasteiger partial charge < -0.3 is 9.47 Å². The number of hydrazine groups is 1. The SMILES string of the molecule is CCOc1cc(/C=C2/SC(=S)N(NC(=O)c3cccs3)C2=O)cc(I)c1OCC. The normalized spacial score (nSPS) is 15.1. The van der Waals surface area contributed by atoms with Crippen molar-refractivity contribution in [2.45, 2.75) is 13.8 Å². The van der Waals surface area contributed by atoms with Crippen LogP contribution in [0, 0.1) is 3.57 Å². The molecule has 0 saturated carbocycles. The summed E-state index contributed by atoms with van der Waals surface area (Å²) in [6.07, 6.45) is 1.73. The number of thiocarbonyl (C=S) groups is 1. The number of carbonyl (C=O) groups excluding carboxylic acids is 2. The van der Waals surface area contributed by atoms with Gasteiger partial charge in [-0.15, -0.1) is 11.3 Å². The van der Waals surface area contributed by atoms with E-state index in [0.29, 0.717) is 34.5 Å². The minimum Gasteiger partial charge on any atom is -0.490 e. The second kappa shape index (κ2) is 9.92. The van der Waals surface area contributed by atoms with E-state index in [1.807, 2.05) is 26.0 Å². The first kappa shape index (κ1) is 22.1. The van der Waals surface area contributed by atoms with E-state index in [0.717, 1.165) is 25.9 Å². The van der Waals surface area contributed by atoms with Crippen LogP contribution in [0.15, 0.2) is 34.6 Å². The van der Waals surface area contributed by atoms with E-state index in [-0.39, 0.29) is 16.1 Å². The number of benzene rings is 1. The molecular formula is C19H17IN2O4S3. The van der Waals surface area contributed by atoms with Crippen LogP contribution in [0.1, 0.15) is 29.1 Å². The summed E-state index contributed by atoms with van der Waals surface area (Å²) in [5, 5.41) is 2.90. The molecule has 0 spiro atoms. The van der Waals surface area contributed by atoms with Crippen molar-refractivity contribution < 1.29 is 19.1 Å². The van der Waals surface area contributed by atoms with E-state index in [9.17, 15) is 9.59 Å². The number of amides is 2. The molecule has 0 atom stereocenters. The molecule has 29 heavy (non-hydrogen) atoms. The van der Waals surface area contributed by atoms with Crippen LogP contribution in [0.5, 0.6) is 11.5 Å². The molecule has 1 aromatic heterocycles. The molecule has 6 nitrogen and oxygen atoms in total. The first-order chi connectivity index (χ1) is 13.9. The topological polar surface area (TPSA) is 67.9 Å². The lowest BCUT2D eigenvalue weighted by atomic mass is 10.2. The van der Waals surface area contributed by atoms with E-state index in [2.05, 4.69) is 28.0 Å². The minimum atomic E-state index is -0.369. The lowest BCUT2D eigenvalue weighted by Crippen LogP contribution is -2.44. The van der Waals surface area contributed by atoms with Crippen molar-refractivity contribution in [3.8, 4) is 11.5 Å². The molecule has 2 aromatic rings. The summed E-state index contributed by atoms with van der Waals surface area (Å²) >= 11 is 9.89. The van der Waals surface area contributed by atoms with Gasteiger partial charge in [0, 0.05) is 0 Å². The number of thiophene rings is 1. The van der Waals surface area contributed by atoms with Gasteiger partial charge in [-0.25, -0.2) is 0 Å². The van der Waals surface area contributed by atoms with Crippen LogP contribution in [0.4, 0.5) is 0 Å². The van der Waals surface area contributed by atoms with E-state index in [1.54, 1.807) is 23.6 Å². The molecule has 0 bridgehead atoms.